The fraction of sp³-hybridized carbons (Fsp3) is 0.292. The SMILES string of the molecule is O=C(c1cccc(N2C(=O)[C@H]3CC=CC[C@H]3C2=O)c1)N1CCc2ccccc2C1. The van der Waals surface area contributed by atoms with Gasteiger partial charge in [-0.2, -0.15) is 0 Å². The van der Waals surface area contributed by atoms with Crippen molar-refractivity contribution in [1.29, 1.82) is 0 Å². The van der Waals surface area contributed by atoms with Crippen LogP contribution >= 0.6 is 0 Å². The molecule has 1 aliphatic carbocycles. The number of imide groups is 1. The van der Waals surface area contributed by atoms with Crippen molar-refractivity contribution in [2.75, 3.05) is 11.4 Å². The van der Waals surface area contributed by atoms with Crippen molar-refractivity contribution in [3.05, 3.63) is 77.4 Å². The Morgan fingerprint density at radius 2 is 1.55 bits per heavy atom. The third-order valence-electron chi connectivity index (χ3n) is 6.28. The van der Waals surface area contributed by atoms with Crippen molar-refractivity contribution in [2.45, 2.75) is 25.8 Å². The van der Waals surface area contributed by atoms with Gasteiger partial charge in [-0.1, -0.05) is 42.5 Å². The highest BCUT2D eigenvalue weighted by Crippen LogP contribution is 2.37. The highest BCUT2D eigenvalue weighted by molar-refractivity contribution is 6.22. The van der Waals surface area contributed by atoms with E-state index in [-0.39, 0.29) is 29.6 Å². The van der Waals surface area contributed by atoms with Crippen molar-refractivity contribution >= 4 is 23.4 Å². The Hall–Kier alpha value is -3.21. The van der Waals surface area contributed by atoms with E-state index in [9.17, 15) is 14.4 Å². The van der Waals surface area contributed by atoms with Crippen molar-refractivity contribution in [2.24, 2.45) is 11.8 Å². The molecule has 0 N–H and O–H groups in total. The predicted octanol–water partition coefficient (Wildman–Crippen LogP) is 3.34. The Morgan fingerprint density at radius 3 is 2.28 bits per heavy atom. The zero-order valence-electron chi connectivity index (χ0n) is 16.1. The van der Waals surface area contributed by atoms with Crippen molar-refractivity contribution in [3.63, 3.8) is 0 Å². The van der Waals surface area contributed by atoms with Gasteiger partial charge in [0.1, 0.15) is 0 Å². The van der Waals surface area contributed by atoms with Crippen LogP contribution in [0.5, 0.6) is 0 Å². The van der Waals surface area contributed by atoms with Crippen LogP contribution in [0.3, 0.4) is 0 Å². The molecule has 2 aromatic rings. The van der Waals surface area contributed by atoms with Gasteiger partial charge in [0.25, 0.3) is 5.91 Å². The van der Waals surface area contributed by atoms with Crippen LogP contribution in [-0.2, 0) is 22.6 Å². The summed E-state index contributed by atoms with van der Waals surface area (Å²) in [5.74, 6) is -0.919. The number of nitrogens with zero attached hydrogens (tertiary/aromatic N) is 2. The van der Waals surface area contributed by atoms with Crippen LogP contribution in [0.4, 0.5) is 5.69 Å². The van der Waals surface area contributed by atoms with E-state index in [4.69, 9.17) is 0 Å². The van der Waals surface area contributed by atoms with Crippen LogP contribution in [0.2, 0.25) is 0 Å². The highest BCUT2D eigenvalue weighted by Gasteiger charge is 2.47. The van der Waals surface area contributed by atoms with Gasteiger partial charge in [-0.25, -0.2) is 0 Å². The summed E-state index contributed by atoms with van der Waals surface area (Å²) in [6.45, 7) is 1.24. The molecule has 2 atom stereocenters. The van der Waals surface area contributed by atoms with Crippen LogP contribution in [0.15, 0.2) is 60.7 Å². The lowest BCUT2D eigenvalue weighted by molar-refractivity contribution is -0.122. The number of carbonyl (C=O) groups excluding carboxylic acids is 3. The molecule has 0 saturated carbocycles. The molecule has 0 bridgehead atoms. The first-order valence-corrected chi connectivity index (χ1v) is 10.1. The summed E-state index contributed by atoms with van der Waals surface area (Å²) in [5.41, 5.74) is 3.47. The first-order chi connectivity index (χ1) is 14.1. The second-order valence-electron chi connectivity index (χ2n) is 7.96. The Bertz CT molecular complexity index is 1020. The lowest BCUT2D eigenvalue weighted by Gasteiger charge is -2.29. The molecule has 0 radical (unpaired) electrons. The largest absolute Gasteiger partial charge is 0.334 e. The molecule has 5 heteroatoms. The second kappa shape index (κ2) is 6.99. The number of benzene rings is 2. The maximum absolute atomic E-state index is 13.1. The molecule has 2 heterocycles. The van der Waals surface area contributed by atoms with Crippen LogP contribution in [0.1, 0.15) is 34.3 Å². The predicted molar refractivity (Wildman–Crippen MR) is 109 cm³/mol. The molecule has 3 amide bonds. The molecule has 5 nitrogen and oxygen atoms in total. The number of fused-ring (bicyclic) bond motifs is 2. The molecule has 1 fully saturated rings. The number of hydrogen-bond acceptors (Lipinski definition) is 3. The van der Waals surface area contributed by atoms with E-state index in [2.05, 4.69) is 12.1 Å². The maximum Gasteiger partial charge on any atom is 0.254 e. The molecule has 2 aliphatic heterocycles. The normalized spacial score (nSPS) is 23.2. The third kappa shape index (κ3) is 2.97. The summed E-state index contributed by atoms with van der Waals surface area (Å²) in [7, 11) is 0. The number of amides is 3. The Balaban J connectivity index is 1.40. The summed E-state index contributed by atoms with van der Waals surface area (Å²) in [6, 6.07) is 15.1. The zero-order valence-corrected chi connectivity index (χ0v) is 16.1. The van der Waals surface area contributed by atoms with Gasteiger partial charge in [-0.3, -0.25) is 19.3 Å². The summed E-state index contributed by atoms with van der Waals surface area (Å²) in [5, 5.41) is 0. The van der Waals surface area contributed by atoms with Gasteiger partial charge >= 0.3 is 0 Å². The molecule has 0 spiro atoms. The van der Waals surface area contributed by atoms with Crippen molar-refractivity contribution in [3.8, 4) is 0 Å². The van der Waals surface area contributed by atoms with Crippen LogP contribution in [0, 0.1) is 11.8 Å². The summed E-state index contributed by atoms with van der Waals surface area (Å²) >= 11 is 0. The molecule has 5 rings (SSSR count). The Labute approximate surface area is 169 Å². The van der Waals surface area contributed by atoms with Gasteiger partial charge in [0.15, 0.2) is 0 Å². The van der Waals surface area contributed by atoms with E-state index >= 15 is 0 Å². The molecular formula is C24H22N2O3. The lowest BCUT2D eigenvalue weighted by atomic mass is 9.85. The van der Waals surface area contributed by atoms with Gasteiger partial charge < -0.3 is 4.90 Å². The fourth-order valence-corrected chi connectivity index (χ4v) is 4.68. The quantitative estimate of drug-likeness (QED) is 0.588. The molecule has 3 aliphatic rings. The Kier molecular flexibility index (Phi) is 4.31. The first kappa shape index (κ1) is 17.9. The standard InChI is InChI=1S/C24H22N2O3/c27-22(25-13-12-16-6-1-2-7-18(16)15-25)17-8-5-9-19(14-17)26-23(28)20-10-3-4-11-21(20)24(26)29/h1-9,14,20-21H,10-13,15H2/t20-,21+. The van der Waals surface area contributed by atoms with Crippen LogP contribution < -0.4 is 4.90 Å². The van der Waals surface area contributed by atoms with Gasteiger partial charge in [0, 0.05) is 18.7 Å². The monoisotopic (exact) mass is 386 g/mol. The van der Waals surface area contributed by atoms with E-state index in [1.807, 2.05) is 29.2 Å². The topological polar surface area (TPSA) is 57.7 Å². The number of allylic oxidation sites excluding steroid dienone is 2. The minimum absolute atomic E-state index is 0.0699. The Morgan fingerprint density at radius 1 is 0.862 bits per heavy atom. The van der Waals surface area contributed by atoms with E-state index in [1.165, 1.54) is 16.0 Å². The van der Waals surface area contributed by atoms with Gasteiger partial charge in [-0.05, 0) is 48.6 Å². The molecule has 146 valence electrons. The maximum atomic E-state index is 13.1. The van der Waals surface area contributed by atoms with E-state index < -0.39 is 0 Å². The van der Waals surface area contributed by atoms with Gasteiger partial charge in [0.2, 0.25) is 11.8 Å². The average Bonchev–Trinajstić information content (AvgIpc) is 3.03. The molecule has 0 unspecified atom stereocenters. The number of carbonyl (C=O) groups is 3. The molecular weight excluding hydrogens is 364 g/mol. The molecule has 1 saturated heterocycles. The first-order valence-electron chi connectivity index (χ1n) is 10.1. The van der Waals surface area contributed by atoms with Crippen molar-refractivity contribution < 1.29 is 14.4 Å². The summed E-state index contributed by atoms with van der Waals surface area (Å²) in [4.78, 5) is 41.9. The van der Waals surface area contributed by atoms with Gasteiger partial charge in [0.05, 0.1) is 17.5 Å². The average molecular weight is 386 g/mol. The van der Waals surface area contributed by atoms with E-state index in [0.717, 1.165) is 6.42 Å². The summed E-state index contributed by atoms with van der Waals surface area (Å²) < 4.78 is 0. The van der Waals surface area contributed by atoms with Crippen molar-refractivity contribution in [1.82, 2.24) is 4.90 Å². The molecule has 2 aromatic carbocycles. The van der Waals surface area contributed by atoms with E-state index in [0.29, 0.717) is 37.2 Å². The third-order valence-corrected chi connectivity index (χ3v) is 6.28. The van der Waals surface area contributed by atoms with E-state index in [1.54, 1.807) is 24.3 Å². The lowest BCUT2D eigenvalue weighted by Crippen LogP contribution is -2.36. The number of anilines is 1. The summed E-state index contributed by atoms with van der Waals surface area (Å²) in [6.07, 6.45) is 6.00. The minimum Gasteiger partial charge on any atom is -0.334 e. The smallest absolute Gasteiger partial charge is 0.254 e. The molecule has 29 heavy (non-hydrogen) atoms. The number of rotatable bonds is 2. The van der Waals surface area contributed by atoms with Crippen LogP contribution in [-0.4, -0.2) is 29.2 Å². The molecule has 0 aromatic heterocycles. The highest BCUT2D eigenvalue weighted by atomic mass is 16.2. The zero-order chi connectivity index (χ0) is 20.0. The fourth-order valence-electron chi connectivity index (χ4n) is 4.68. The second-order valence-corrected chi connectivity index (χ2v) is 7.96. The number of hydrogen-bond donors (Lipinski definition) is 0. The van der Waals surface area contributed by atoms with Gasteiger partial charge in [-0.15, -0.1) is 0 Å². The minimum atomic E-state index is -0.273. The van der Waals surface area contributed by atoms with Crippen LogP contribution in [0.25, 0.3) is 0 Å².